The van der Waals surface area contributed by atoms with E-state index in [0.29, 0.717) is 11.1 Å². The molecular formula is C19H20F3N3O5S. The summed E-state index contributed by atoms with van der Waals surface area (Å²) in [4.78, 5) is 27.0. The fourth-order valence-electron chi connectivity index (χ4n) is 2.38. The fraction of sp³-hybridized carbons (Fsp3) is 0.316. The summed E-state index contributed by atoms with van der Waals surface area (Å²) in [6, 6.07) is 8.02. The second-order valence-corrected chi connectivity index (χ2v) is 8.57. The molecule has 2 aromatic rings. The molecule has 0 bridgehead atoms. The number of sulfonamides is 1. The average molecular weight is 459 g/mol. The number of amides is 1. The Kier molecular flexibility index (Phi) is 7.74. The molecule has 1 aromatic carbocycles. The highest BCUT2D eigenvalue weighted by atomic mass is 32.2. The van der Waals surface area contributed by atoms with Crippen molar-refractivity contribution >= 4 is 21.7 Å². The fourth-order valence-corrected chi connectivity index (χ4v) is 3.51. The van der Waals surface area contributed by atoms with Crippen molar-refractivity contribution < 1.29 is 35.9 Å². The Morgan fingerprint density at radius 2 is 1.81 bits per heavy atom. The maximum Gasteiger partial charge on any atom is 0.422 e. The van der Waals surface area contributed by atoms with Gasteiger partial charge in [-0.2, -0.15) is 17.5 Å². The zero-order valence-electron chi connectivity index (χ0n) is 16.6. The van der Waals surface area contributed by atoms with Crippen molar-refractivity contribution in [3.63, 3.8) is 0 Å². The van der Waals surface area contributed by atoms with Gasteiger partial charge in [0.2, 0.25) is 21.8 Å². The van der Waals surface area contributed by atoms with Crippen LogP contribution in [0, 0.1) is 0 Å². The molecule has 0 aliphatic rings. The molecule has 1 amide bonds. The minimum Gasteiger partial charge on any atom is -0.468 e. The molecule has 0 aliphatic heterocycles. The molecule has 0 spiro atoms. The first-order chi connectivity index (χ1) is 14.4. The van der Waals surface area contributed by atoms with Crippen LogP contribution in [0.1, 0.15) is 22.8 Å². The number of nitrogens with zero attached hydrogens (tertiary/aromatic N) is 2. The van der Waals surface area contributed by atoms with Gasteiger partial charge in [-0.1, -0.05) is 12.1 Å². The molecule has 0 aliphatic carbocycles. The molecule has 0 radical (unpaired) electrons. The standard InChI is InChI=1S/C19H20F3N3O5S/c1-13(26)15-3-5-16(6-4-15)31(28,29)25(2)11-17(27)24-10-14-7-8-23-18(9-14)30-12-19(20,21)22/h3-9H,10-12H2,1-2H3,(H,24,27). The van der Waals surface area contributed by atoms with Gasteiger partial charge in [-0.3, -0.25) is 9.59 Å². The van der Waals surface area contributed by atoms with Crippen molar-refractivity contribution in [1.82, 2.24) is 14.6 Å². The number of alkyl halides is 3. The van der Waals surface area contributed by atoms with E-state index in [0.717, 1.165) is 4.31 Å². The number of likely N-dealkylation sites (N-methyl/N-ethyl adjacent to an activating group) is 1. The highest BCUT2D eigenvalue weighted by molar-refractivity contribution is 7.89. The van der Waals surface area contributed by atoms with Gasteiger partial charge in [0.25, 0.3) is 0 Å². The van der Waals surface area contributed by atoms with E-state index < -0.39 is 35.3 Å². The molecule has 2 rings (SSSR count). The number of hydrogen-bond donors (Lipinski definition) is 1. The van der Waals surface area contributed by atoms with Gasteiger partial charge in [-0.05, 0) is 30.7 Å². The van der Waals surface area contributed by atoms with Crippen LogP contribution in [0.2, 0.25) is 0 Å². The molecule has 1 aromatic heterocycles. The third kappa shape index (κ3) is 7.33. The molecule has 0 atom stereocenters. The average Bonchev–Trinajstić information content (AvgIpc) is 2.70. The van der Waals surface area contributed by atoms with Crippen LogP contribution in [0.3, 0.4) is 0 Å². The van der Waals surface area contributed by atoms with Crippen LogP contribution < -0.4 is 10.1 Å². The van der Waals surface area contributed by atoms with E-state index in [9.17, 15) is 31.2 Å². The van der Waals surface area contributed by atoms with Crippen molar-refractivity contribution in [2.24, 2.45) is 0 Å². The lowest BCUT2D eigenvalue weighted by Gasteiger charge is -2.17. The number of hydrogen-bond acceptors (Lipinski definition) is 6. The summed E-state index contributed by atoms with van der Waals surface area (Å²) < 4.78 is 67.2. The van der Waals surface area contributed by atoms with Crippen LogP contribution in [-0.4, -0.2) is 55.8 Å². The molecule has 0 unspecified atom stereocenters. The van der Waals surface area contributed by atoms with Crippen LogP contribution in [0.25, 0.3) is 0 Å². The van der Waals surface area contributed by atoms with Crippen LogP contribution in [-0.2, 0) is 21.4 Å². The van der Waals surface area contributed by atoms with E-state index in [4.69, 9.17) is 0 Å². The van der Waals surface area contributed by atoms with E-state index in [-0.39, 0.29) is 23.1 Å². The van der Waals surface area contributed by atoms with Gasteiger partial charge in [0, 0.05) is 31.4 Å². The molecule has 0 fully saturated rings. The smallest absolute Gasteiger partial charge is 0.422 e. The van der Waals surface area contributed by atoms with Gasteiger partial charge in [0.05, 0.1) is 11.4 Å². The zero-order chi connectivity index (χ0) is 23.2. The van der Waals surface area contributed by atoms with E-state index in [1.54, 1.807) is 0 Å². The summed E-state index contributed by atoms with van der Waals surface area (Å²) in [5.41, 5.74) is 0.779. The summed E-state index contributed by atoms with van der Waals surface area (Å²) in [7, 11) is -2.74. The Bertz CT molecular complexity index is 1040. The highest BCUT2D eigenvalue weighted by Gasteiger charge is 2.28. The van der Waals surface area contributed by atoms with Crippen molar-refractivity contribution in [3.05, 3.63) is 53.7 Å². The Hall–Kier alpha value is -2.99. The maximum absolute atomic E-state index is 12.6. The van der Waals surface area contributed by atoms with Gasteiger partial charge in [-0.25, -0.2) is 13.4 Å². The molecule has 12 heteroatoms. The van der Waals surface area contributed by atoms with Crippen LogP contribution in [0.4, 0.5) is 13.2 Å². The number of aromatic nitrogens is 1. The quantitative estimate of drug-likeness (QED) is 0.576. The number of ketones is 1. The predicted molar refractivity (Wildman–Crippen MR) is 104 cm³/mol. The molecule has 0 saturated heterocycles. The van der Waals surface area contributed by atoms with Crippen molar-refractivity contribution in [3.8, 4) is 5.88 Å². The number of halogens is 3. The topological polar surface area (TPSA) is 106 Å². The summed E-state index contributed by atoms with van der Waals surface area (Å²) in [5, 5.41) is 2.48. The molecule has 31 heavy (non-hydrogen) atoms. The first-order valence-corrected chi connectivity index (χ1v) is 10.3. The summed E-state index contributed by atoms with van der Waals surface area (Å²) in [6.45, 7) is -0.690. The molecule has 1 heterocycles. The summed E-state index contributed by atoms with van der Waals surface area (Å²) >= 11 is 0. The van der Waals surface area contributed by atoms with Crippen LogP contribution in [0.15, 0.2) is 47.5 Å². The Labute approximate surface area is 177 Å². The summed E-state index contributed by atoms with van der Waals surface area (Å²) in [6.07, 6.45) is -3.27. The number of benzene rings is 1. The molecule has 0 saturated carbocycles. The van der Waals surface area contributed by atoms with Gasteiger partial charge < -0.3 is 10.1 Å². The lowest BCUT2D eigenvalue weighted by atomic mass is 10.2. The number of rotatable bonds is 9. The molecule has 168 valence electrons. The lowest BCUT2D eigenvalue weighted by Crippen LogP contribution is -2.38. The monoisotopic (exact) mass is 459 g/mol. The minimum atomic E-state index is -4.51. The predicted octanol–water partition coefficient (Wildman–Crippen LogP) is 2.16. The van der Waals surface area contributed by atoms with Crippen LogP contribution >= 0.6 is 0 Å². The number of carbonyl (C=O) groups excluding carboxylic acids is 2. The Morgan fingerprint density at radius 3 is 2.39 bits per heavy atom. The first kappa shape index (κ1) is 24.3. The van der Waals surface area contributed by atoms with Gasteiger partial charge in [0.15, 0.2) is 12.4 Å². The number of pyridine rings is 1. The highest BCUT2D eigenvalue weighted by Crippen LogP contribution is 2.18. The molecule has 8 nitrogen and oxygen atoms in total. The second-order valence-electron chi connectivity index (χ2n) is 6.52. The Balaban J connectivity index is 1.94. The Morgan fingerprint density at radius 1 is 1.16 bits per heavy atom. The second kappa shape index (κ2) is 9.88. The lowest BCUT2D eigenvalue weighted by molar-refractivity contribution is -0.154. The van der Waals surface area contributed by atoms with E-state index in [2.05, 4.69) is 15.0 Å². The van der Waals surface area contributed by atoms with Gasteiger partial charge >= 0.3 is 6.18 Å². The van der Waals surface area contributed by atoms with Gasteiger partial charge in [0.1, 0.15) is 0 Å². The van der Waals surface area contributed by atoms with Crippen LogP contribution in [0.5, 0.6) is 5.88 Å². The normalized spacial score (nSPS) is 11.9. The number of carbonyl (C=O) groups is 2. The zero-order valence-corrected chi connectivity index (χ0v) is 17.5. The first-order valence-electron chi connectivity index (χ1n) is 8.87. The van der Waals surface area contributed by atoms with Crippen molar-refractivity contribution in [2.45, 2.75) is 24.5 Å². The minimum absolute atomic E-state index is 0.0646. The van der Waals surface area contributed by atoms with E-state index in [1.165, 1.54) is 56.6 Å². The molecular weight excluding hydrogens is 439 g/mol. The number of ether oxygens (including phenoxy) is 1. The summed E-state index contributed by atoms with van der Waals surface area (Å²) in [5.74, 6) is -1.08. The SMILES string of the molecule is CC(=O)c1ccc(S(=O)(=O)N(C)CC(=O)NCc2ccnc(OCC(F)(F)F)c2)cc1. The largest absolute Gasteiger partial charge is 0.468 e. The van der Waals surface area contributed by atoms with Crippen molar-refractivity contribution in [2.75, 3.05) is 20.2 Å². The van der Waals surface area contributed by atoms with Crippen molar-refractivity contribution in [1.29, 1.82) is 0 Å². The van der Waals surface area contributed by atoms with E-state index >= 15 is 0 Å². The number of nitrogens with one attached hydrogen (secondary N) is 1. The maximum atomic E-state index is 12.6. The van der Waals surface area contributed by atoms with E-state index in [1.807, 2.05) is 0 Å². The third-order valence-electron chi connectivity index (χ3n) is 4.01. The third-order valence-corrected chi connectivity index (χ3v) is 5.83. The van der Waals surface area contributed by atoms with Gasteiger partial charge in [-0.15, -0.1) is 0 Å². The number of Topliss-reactive ketones (excluding diaryl/α,β-unsaturated/α-hetero) is 1. The molecule has 1 N–H and O–H groups in total.